The number of imidazole rings is 1. The third-order valence-electron chi connectivity index (χ3n) is 2.75. The first-order valence-electron chi connectivity index (χ1n) is 5.81. The number of anilines is 1. The lowest BCUT2D eigenvalue weighted by Crippen LogP contribution is -2.16. The highest BCUT2D eigenvalue weighted by atomic mass is 32.2. The highest BCUT2D eigenvalue weighted by Crippen LogP contribution is 2.19. The van der Waals surface area contributed by atoms with Gasteiger partial charge < -0.3 is 9.97 Å². The summed E-state index contributed by atoms with van der Waals surface area (Å²) in [5.41, 5.74) is 0.747. The van der Waals surface area contributed by atoms with Gasteiger partial charge >= 0.3 is 5.69 Å². The maximum atomic E-state index is 13.5. The minimum atomic E-state index is -4.14. The molecular formula is C12H9FN4O3S. The minimum absolute atomic E-state index is 0.183. The lowest BCUT2D eigenvalue weighted by atomic mass is 10.3. The van der Waals surface area contributed by atoms with E-state index in [-0.39, 0.29) is 5.69 Å². The number of pyridine rings is 1. The van der Waals surface area contributed by atoms with Crippen molar-refractivity contribution in [3.8, 4) is 0 Å². The Balaban J connectivity index is 2.01. The van der Waals surface area contributed by atoms with Crippen molar-refractivity contribution in [2.24, 2.45) is 0 Å². The van der Waals surface area contributed by atoms with Crippen LogP contribution in [0.2, 0.25) is 0 Å². The third kappa shape index (κ3) is 2.50. The van der Waals surface area contributed by atoms with Gasteiger partial charge in [0.1, 0.15) is 0 Å². The van der Waals surface area contributed by atoms with E-state index in [9.17, 15) is 17.6 Å². The molecule has 0 radical (unpaired) electrons. The Hall–Kier alpha value is -2.68. The van der Waals surface area contributed by atoms with Crippen molar-refractivity contribution in [2.75, 3.05) is 4.72 Å². The fourth-order valence-electron chi connectivity index (χ4n) is 1.87. The van der Waals surface area contributed by atoms with Gasteiger partial charge in [-0.15, -0.1) is 0 Å². The topological polar surface area (TPSA) is 108 Å². The van der Waals surface area contributed by atoms with E-state index in [2.05, 4.69) is 19.7 Å². The van der Waals surface area contributed by atoms with Crippen LogP contribution in [0.3, 0.4) is 0 Å². The summed E-state index contributed by atoms with van der Waals surface area (Å²) in [7, 11) is -4.14. The van der Waals surface area contributed by atoms with Gasteiger partial charge in [-0.25, -0.2) is 14.2 Å². The molecule has 0 fully saturated rings. The number of benzene rings is 1. The maximum Gasteiger partial charge on any atom is 0.323 e. The van der Waals surface area contributed by atoms with E-state index in [0.717, 1.165) is 6.07 Å². The van der Waals surface area contributed by atoms with Gasteiger partial charge in [-0.05, 0) is 30.3 Å². The SMILES string of the molecule is O=c1[nH]c2ccc(NS(=O)(=O)c3ncccc3F)cc2[nH]1. The number of fused-ring (bicyclic) bond motifs is 1. The van der Waals surface area contributed by atoms with E-state index >= 15 is 0 Å². The summed E-state index contributed by atoms with van der Waals surface area (Å²) in [4.78, 5) is 19.7. The van der Waals surface area contributed by atoms with Crippen molar-refractivity contribution in [3.05, 3.63) is 52.8 Å². The van der Waals surface area contributed by atoms with E-state index in [1.807, 2.05) is 0 Å². The van der Waals surface area contributed by atoms with Crippen molar-refractivity contribution in [3.63, 3.8) is 0 Å². The summed E-state index contributed by atoms with van der Waals surface area (Å²) in [6.07, 6.45) is 1.18. The lowest BCUT2D eigenvalue weighted by Gasteiger charge is -2.07. The number of hydrogen-bond acceptors (Lipinski definition) is 4. The van der Waals surface area contributed by atoms with Crippen LogP contribution in [0.25, 0.3) is 11.0 Å². The molecule has 3 aromatic rings. The summed E-state index contributed by atoms with van der Waals surface area (Å²) in [6, 6.07) is 6.70. The number of halogens is 1. The quantitative estimate of drug-likeness (QED) is 0.675. The molecule has 2 aromatic heterocycles. The second kappa shape index (κ2) is 4.70. The average Bonchev–Trinajstić information content (AvgIpc) is 2.78. The molecule has 7 nitrogen and oxygen atoms in total. The predicted molar refractivity (Wildman–Crippen MR) is 73.9 cm³/mol. The molecule has 0 amide bonds. The van der Waals surface area contributed by atoms with Crippen LogP contribution in [-0.4, -0.2) is 23.4 Å². The zero-order chi connectivity index (χ0) is 15.0. The molecule has 0 aliphatic rings. The molecule has 0 saturated heterocycles. The fourth-order valence-corrected chi connectivity index (χ4v) is 2.93. The predicted octanol–water partition coefficient (Wildman–Crippen LogP) is 1.19. The molecule has 0 aliphatic carbocycles. The molecule has 2 heterocycles. The van der Waals surface area contributed by atoms with E-state index in [4.69, 9.17) is 0 Å². The zero-order valence-corrected chi connectivity index (χ0v) is 11.2. The number of aromatic nitrogens is 3. The molecule has 1 aromatic carbocycles. The number of hydrogen-bond donors (Lipinski definition) is 3. The summed E-state index contributed by atoms with van der Waals surface area (Å²) in [5.74, 6) is -0.943. The number of aromatic amines is 2. The van der Waals surface area contributed by atoms with E-state index < -0.39 is 26.6 Å². The highest BCUT2D eigenvalue weighted by molar-refractivity contribution is 7.92. The normalized spacial score (nSPS) is 11.7. The molecule has 0 spiro atoms. The van der Waals surface area contributed by atoms with Gasteiger partial charge in [0.2, 0.25) is 5.03 Å². The number of nitrogens with one attached hydrogen (secondary N) is 3. The first-order valence-corrected chi connectivity index (χ1v) is 7.29. The van der Waals surface area contributed by atoms with Crippen molar-refractivity contribution in [1.29, 1.82) is 0 Å². The van der Waals surface area contributed by atoms with Gasteiger partial charge in [-0.2, -0.15) is 8.42 Å². The van der Waals surface area contributed by atoms with Crippen LogP contribution in [0, 0.1) is 5.82 Å². The number of sulfonamides is 1. The Morgan fingerprint density at radius 3 is 2.67 bits per heavy atom. The molecular weight excluding hydrogens is 299 g/mol. The Labute approximate surface area is 117 Å². The van der Waals surface area contributed by atoms with Crippen LogP contribution in [-0.2, 0) is 10.0 Å². The first kappa shape index (κ1) is 13.3. The standard InChI is InChI=1S/C12H9FN4O3S/c13-8-2-1-5-14-11(8)21(19,20)17-7-3-4-9-10(6-7)16-12(18)15-9/h1-6,17H,(H2,15,16,18). The van der Waals surface area contributed by atoms with Gasteiger partial charge in [0.25, 0.3) is 10.0 Å². The Morgan fingerprint density at radius 2 is 1.90 bits per heavy atom. The van der Waals surface area contributed by atoms with Crippen molar-refractivity contribution in [1.82, 2.24) is 15.0 Å². The van der Waals surface area contributed by atoms with Crippen molar-refractivity contribution >= 4 is 26.7 Å². The first-order chi connectivity index (χ1) is 9.95. The molecule has 0 aliphatic heterocycles. The van der Waals surface area contributed by atoms with Crippen LogP contribution in [0.1, 0.15) is 0 Å². The Bertz CT molecular complexity index is 977. The van der Waals surface area contributed by atoms with Gasteiger partial charge in [-0.1, -0.05) is 0 Å². The van der Waals surface area contributed by atoms with E-state index in [0.29, 0.717) is 11.0 Å². The molecule has 0 bridgehead atoms. The summed E-state index contributed by atoms with van der Waals surface area (Å²) in [5, 5.41) is -0.687. The molecule has 0 unspecified atom stereocenters. The number of rotatable bonds is 3. The van der Waals surface area contributed by atoms with Crippen LogP contribution in [0.5, 0.6) is 0 Å². The molecule has 3 N–H and O–H groups in total. The second-order valence-electron chi connectivity index (χ2n) is 4.24. The lowest BCUT2D eigenvalue weighted by molar-refractivity contribution is 0.557. The molecule has 9 heteroatoms. The zero-order valence-electron chi connectivity index (χ0n) is 10.4. The highest BCUT2D eigenvalue weighted by Gasteiger charge is 2.20. The van der Waals surface area contributed by atoms with Crippen LogP contribution in [0.4, 0.5) is 10.1 Å². The molecule has 3 rings (SSSR count). The molecule has 108 valence electrons. The summed E-state index contributed by atoms with van der Waals surface area (Å²) >= 11 is 0. The Kier molecular flexibility index (Phi) is 2.98. The van der Waals surface area contributed by atoms with Crippen molar-refractivity contribution < 1.29 is 12.8 Å². The van der Waals surface area contributed by atoms with Crippen LogP contribution >= 0.6 is 0 Å². The van der Waals surface area contributed by atoms with Gasteiger partial charge in [0.05, 0.1) is 16.7 Å². The average molecular weight is 308 g/mol. The van der Waals surface area contributed by atoms with Crippen molar-refractivity contribution in [2.45, 2.75) is 5.03 Å². The number of H-pyrrole nitrogens is 2. The van der Waals surface area contributed by atoms with Crippen LogP contribution in [0.15, 0.2) is 46.3 Å². The van der Waals surface area contributed by atoms with E-state index in [1.165, 1.54) is 30.5 Å². The summed E-state index contributed by atoms with van der Waals surface area (Å²) < 4.78 is 39.9. The van der Waals surface area contributed by atoms with Gasteiger partial charge in [0.15, 0.2) is 5.82 Å². The number of nitrogens with zero attached hydrogens (tertiary/aromatic N) is 1. The Morgan fingerprint density at radius 1 is 1.14 bits per heavy atom. The third-order valence-corrected chi connectivity index (χ3v) is 4.06. The molecule has 21 heavy (non-hydrogen) atoms. The second-order valence-corrected chi connectivity index (χ2v) is 5.83. The molecule has 0 atom stereocenters. The largest absolute Gasteiger partial charge is 0.323 e. The maximum absolute atomic E-state index is 13.5. The smallest absolute Gasteiger partial charge is 0.306 e. The minimum Gasteiger partial charge on any atom is -0.306 e. The van der Waals surface area contributed by atoms with Gasteiger partial charge in [0, 0.05) is 6.20 Å². The van der Waals surface area contributed by atoms with E-state index in [1.54, 1.807) is 0 Å². The molecule has 0 saturated carbocycles. The summed E-state index contributed by atoms with van der Waals surface area (Å²) in [6.45, 7) is 0. The monoisotopic (exact) mass is 308 g/mol. The van der Waals surface area contributed by atoms with Gasteiger partial charge in [-0.3, -0.25) is 4.72 Å². The fraction of sp³-hybridized carbons (Fsp3) is 0. The van der Waals surface area contributed by atoms with Crippen LogP contribution < -0.4 is 10.4 Å².